The third kappa shape index (κ3) is 1.90. The maximum Gasteiger partial charge on any atom is 0.339 e. The molecule has 1 rings (SSSR count). The Morgan fingerprint density at radius 2 is 2.33 bits per heavy atom. The first kappa shape index (κ1) is 8.90. The Morgan fingerprint density at radius 3 is 2.75 bits per heavy atom. The van der Waals surface area contributed by atoms with Gasteiger partial charge >= 0.3 is 5.97 Å². The van der Waals surface area contributed by atoms with Crippen molar-refractivity contribution in [2.45, 2.75) is 25.7 Å². The van der Waals surface area contributed by atoms with Crippen molar-refractivity contribution in [2.24, 2.45) is 4.99 Å². The van der Waals surface area contributed by atoms with Crippen molar-refractivity contribution in [3.05, 3.63) is 0 Å². The summed E-state index contributed by atoms with van der Waals surface area (Å²) in [6.07, 6.45) is 0.567. The van der Waals surface area contributed by atoms with E-state index in [0.717, 1.165) is 0 Å². The average molecular weight is 171 g/mol. The second-order valence-electron chi connectivity index (χ2n) is 2.86. The molecule has 0 aromatic rings. The smallest absolute Gasteiger partial charge is 0.339 e. The van der Waals surface area contributed by atoms with Gasteiger partial charge in [0.25, 0.3) is 0 Å². The van der Waals surface area contributed by atoms with Crippen molar-refractivity contribution in [3.8, 4) is 0 Å². The standard InChI is InChI=1S/C7H9NO4/c1-7(2)11-5(3-8-4-9)6(10)12-7/h5H,3H2,1-2H3/t5-/m0/s1. The largest absolute Gasteiger partial charge is 0.432 e. The van der Waals surface area contributed by atoms with Gasteiger partial charge in [0.2, 0.25) is 11.9 Å². The van der Waals surface area contributed by atoms with Crippen molar-refractivity contribution >= 4 is 12.0 Å². The molecule has 0 aromatic carbocycles. The van der Waals surface area contributed by atoms with E-state index >= 15 is 0 Å². The highest BCUT2D eigenvalue weighted by Crippen LogP contribution is 2.23. The Balaban J connectivity index is 2.58. The number of carbonyl (C=O) groups is 1. The lowest BCUT2D eigenvalue weighted by atomic mass is 10.4. The van der Waals surface area contributed by atoms with Crippen LogP contribution >= 0.6 is 0 Å². The number of ether oxygens (including phenoxy) is 2. The zero-order valence-electron chi connectivity index (χ0n) is 6.86. The van der Waals surface area contributed by atoms with Crippen molar-refractivity contribution in [1.82, 2.24) is 0 Å². The first-order chi connectivity index (χ1) is 5.55. The second-order valence-corrected chi connectivity index (χ2v) is 2.86. The summed E-state index contributed by atoms with van der Waals surface area (Å²) in [7, 11) is 0. The van der Waals surface area contributed by atoms with Gasteiger partial charge in [0, 0.05) is 13.8 Å². The minimum atomic E-state index is -0.903. The zero-order valence-corrected chi connectivity index (χ0v) is 6.86. The fourth-order valence-corrected chi connectivity index (χ4v) is 0.955. The summed E-state index contributed by atoms with van der Waals surface area (Å²) in [6, 6.07) is 0. The molecule has 66 valence electrons. The molecule has 0 bridgehead atoms. The molecule has 0 N–H and O–H groups in total. The number of hydrogen-bond acceptors (Lipinski definition) is 5. The number of nitrogens with zero attached hydrogens (tertiary/aromatic N) is 1. The number of aliphatic imine (C=N–C) groups is 1. The summed E-state index contributed by atoms with van der Waals surface area (Å²) in [6.45, 7) is 3.22. The van der Waals surface area contributed by atoms with Crippen LogP contribution in [0.25, 0.3) is 0 Å². The predicted molar refractivity (Wildman–Crippen MR) is 38.0 cm³/mol. The topological polar surface area (TPSA) is 65.0 Å². The molecule has 1 atom stereocenters. The van der Waals surface area contributed by atoms with Gasteiger partial charge in [0.15, 0.2) is 6.10 Å². The number of hydrogen-bond donors (Lipinski definition) is 0. The third-order valence-electron chi connectivity index (χ3n) is 1.36. The van der Waals surface area contributed by atoms with Crippen molar-refractivity contribution < 1.29 is 19.1 Å². The zero-order chi connectivity index (χ0) is 9.19. The summed E-state index contributed by atoms with van der Waals surface area (Å²) in [5, 5.41) is 0. The van der Waals surface area contributed by atoms with Gasteiger partial charge in [0.1, 0.15) is 0 Å². The molecule has 12 heavy (non-hydrogen) atoms. The summed E-state index contributed by atoms with van der Waals surface area (Å²) in [5.74, 6) is -1.39. The second kappa shape index (κ2) is 3.05. The molecule has 1 aliphatic rings. The SMILES string of the molecule is CC1(C)OC(=O)[C@H](CN=C=O)O1. The Kier molecular flexibility index (Phi) is 2.26. The van der Waals surface area contributed by atoms with Gasteiger partial charge < -0.3 is 9.47 Å². The molecule has 5 heteroatoms. The highest BCUT2D eigenvalue weighted by molar-refractivity contribution is 5.77. The number of esters is 1. The van der Waals surface area contributed by atoms with Gasteiger partial charge in [-0.2, -0.15) is 0 Å². The molecule has 1 fully saturated rings. The lowest BCUT2D eigenvalue weighted by molar-refractivity contribution is -0.160. The minimum Gasteiger partial charge on any atom is -0.432 e. The van der Waals surface area contributed by atoms with Crippen LogP contribution in [0.5, 0.6) is 0 Å². The fraction of sp³-hybridized carbons (Fsp3) is 0.714. The van der Waals surface area contributed by atoms with Gasteiger partial charge in [-0.3, -0.25) is 0 Å². The van der Waals surface area contributed by atoms with E-state index in [4.69, 9.17) is 9.47 Å². The van der Waals surface area contributed by atoms with E-state index in [-0.39, 0.29) is 6.54 Å². The van der Waals surface area contributed by atoms with Crippen molar-refractivity contribution in [1.29, 1.82) is 0 Å². The maximum absolute atomic E-state index is 11.0. The highest BCUT2D eigenvalue weighted by atomic mass is 16.8. The van der Waals surface area contributed by atoms with E-state index < -0.39 is 17.9 Å². The molecule has 1 saturated heterocycles. The number of rotatable bonds is 2. The average Bonchev–Trinajstić information content (AvgIpc) is 2.20. The fourth-order valence-electron chi connectivity index (χ4n) is 0.955. The van der Waals surface area contributed by atoms with Crippen LogP contribution in [0.2, 0.25) is 0 Å². The summed E-state index contributed by atoms with van der Waals surface area (Å²) >= 11 is 0. The molecule has 5 nitrogen and oxygen atoms in total. The first-order valence-corrected chi connectivity index (χ1v) is 3.49. The van der Waals surface area contributed by atoms with Crippen LogP contribution in [-0.4, -0.2) is 30.5 Å². The van der Waals surface area contributed by atoms with Crippen LogP contribution < -0.4 is 0 Å². The lowest BCUT2D eigenvalue weighted by Crippen LogP contribution is -2.22. The molecule has 0 aliphatic carbocycles. The molecule has 0 aromatic heterocycles. The molecule has 0 spiro atoms. The number of carbonyl (C=O) groups excluding carboxylic acids is 2. The molecular weight excluding hydrogens is 162 g/mol. The third-order valence-corrected chi connectivity index (χ3v) is 1.36. The van der Waals surface area contributed by atoms with Crippen LogP contribution in [0.4, 0.5) is 0 Å². The Hall–Kier alpha value is -1.19. The van der Waals surface area contributed by atoms with Crippen LogP contribution in [0.1, 0.15) is 13.8 Å². The molecule has 1 heterocycles. The highest BCUT2D eigenvalue weighted by Gasteiger charge is 2.40. The van der Waals surface area contributed by atoms with Crippen LogP contribution in [0, 0.1) is 0 Å². The molecule has 0 amide bonds. The van der Waals surface area contributed by atoms with Crippen molar-refractivity contribution in [3.63, 3.8) is 0 Å². The molecular formula is C7H9NO4. The Morgan fingerprint density at radius 1 is 1.67 bits per heavy atom. The van der Waals surface area contributed by atoms with E-state index in [1.54, 1.807) is 13.8 Å². The summed E-state index contributed by atoms with van der Waals surface area (Å²) in [4.78, 5) is 23.9. The van der Waals surface area contributed by atoms with Gasteiger partial charge in [-0.25, -0.2) is 14.6 Å². The van der Waals surface area contributed by atoms with Gasteiger partial charge in [-0.05, 0) is 0 Å². The van der Waals surface area contributed by atoms with E-state index in [2.05, 4.69) is 4.99 Å². The van der Waals surface area contributed by atoms with Gasteiger partial charge in [-0.1, -0.05) is 0 Å². The predicted octanol–water partition coefficient (Wildman–Crippen LogP) is 0.000300. The summed E-state index contributed by atoms with van der Waals surface area (Å²) < 4.78 is 9.93. The number of cyclic esters (lactones) is 1. The maximum atomic E-state index is 11.0. The summed E-state index contributed by atoms with van der Waals surface area (Å²) in [5.41, 5.74) is 0. The number of isocyanates is 1. The minimum absolute atomic E-state index is 0.0221. The van der Waals surface area contributed by atoms with E-state index in [0.29, 0.717) is 0 Å². The van der Waals surface area contributed by atoms with Gasteiger partial charge in [0.05, 0.1) is 6.54 Å². The molecule has 0 unspecified atom stereocenters. The Labute approximate surface area is 69.4 Å². The van der Waals surface area contributed by atoms with Crippen LogP contribution in [0.3, 0.4) is 0 Å². The molecule has 0 saturated carbocycles. The Bertz CT molecular complexity index is 242. The quantitative estimate of drug-likeness (QED) is 0.333. The van der Waals surface area contributed by atoms with E-state index in [1.165, 1.54) is 6.08 Å². The van der Waals surface area contributed by atoms with E-state index in [1.807, 2.05) is 0 Å². The monoisotopic (exact) mass is 171 g/mol. The first-order valence-electron chi connectivity index (χ1n) is 3.49. The van der Waals surface area contributed by atoms with Gasteiger partial charge in [-0.15, -0.1) is 0 Å². The van der Waals surface area contributed by atoms with Crippen molar-refractivity contribution in [2.75, 3.05) is 6.54 Å². The van der Waals surface area contributed by atoms with Crippen LogP contribution in [-0.2, 0) is 19.1 Å². The van der Waals surface area contributed by atoms with Crippen LogP contribution in [0.15, 0.2) is 4.99 Å². The molecule has 0 radical (unpaired) electrons. The lowest BCUT2D eigenvalue weighted by Gasteiger charge is -2.14. The van der Waals surface area contributed by atoms with E-state index in [9.17, 15) is 9.59 Å². The molecule has 1 aliphatic heterocycles. The normalized spacial score (nSPS) is 26.2.